The number of pyridine rings is 1. The summed E-state index contributed by atoms with van der Waals surface area (Å²) in [5.41, 5.74) is 2.96. The summed E-state index contributed by atoms with van der Waals surface area (Å²) in [6, 6.07) is 4.41. The molecule has 1 N–H and O–H groups in total. The summed E-state index contributed by atoms with van der Waals surface area (Å²) in [7, 11) is 0. The van der Waals surface area contributed by atoms with Gasteiger partial charge in [0, 0.05) is 17.8 Å². The van der Waals surface area contributed by atoms with Gasteiger partial charge in [0.1, 0.15) is 0 Å². The lowest BCUT2D eigenvalue weighted by Crippen LogP contribution is -2.31. The molecule has 1 heterocycles. The van der Waals surface area contributed by atoms with Crippen molar-refractivity contribution < 1.29 is 0 Å². The Morgan fingerprint density at radius 1 is 1.24 bits per heavy atom. The molecule has 0 amide bonds. The minimum Gasteiger partial charge on any atom is -0.316 e. The van der Waals surface area contributed by atoms with E-state index in [0.29, 0.717) is 0 Å². The first-order valence-corrected chi connectivity index (χ1v) is 8.90. The minimum atomic E-state index is 0.725. The van der Waals surface area contributed by atoms with Gasteiger partial charge in [-0.2, -0.15) is 0 Å². The molecule has 0 saturated heterocycles. The van der Waals surface area contributed by atoms with E-state index < -0.39 is 0 Å². The number of nitrogens with one attached hydrogen (secondary N) is 1. The van der Waals surface area contributed by atoms with Gasteiger partial charge < -0.3 is 5.32 Å². The number of aromatic nitrogens is 1. The number of nitrogens with zero attached hydrogens (tertiary/aromatic N) is 1. The van der Waals surface area contributed by atoms with Crippen molar-refractivity contribution in [3.8, 4) is 0 Å². The second-order valence-corrected chi connectivity index (χ2v) is 7.45. The van der Waals surface area contributed by atoms with Crippen molar-refractivity contribution in [2.75, 3.05) is 13.1 Å². The van der Waals surface area contributed by atoms with E-state index >= 15 is 0 Å². The Morgan fingerprint density at radius 2 is 2.14 bits per heavy atom. The maximum Gasteiger partial charge on any atom is 0.0469 e. The topological polar surface area (TPSA) is 24.9 Å². The van der Waals surface area contributed by atoms with Gasteiger partial charge in [-0.3, -0.25) is 4.98 Å². The highest BCUT2D eigenvalue weighted by Gasteiger charge is 2.36. The summed E-state index contributed by atoms with van der Waals surface area (Å²) >= 11 is 0. The Labute approximate surface area is 129 Å². The Hall–Kier alpha value is -0.890. The van der Waals surface area contributed by atoms with Crippen molar-refractivity contribution >= 4 is 0 Å². The molecule has 2 aliphatic rings. The molecule has 3 atom stereocenters. The van der Waals surface area contributed by atoms with Crippen LogP contribution in [0.2, 0.25) is 0 Å². The summed E-state index contributed by atoms with van der Waals surface area (Å²) in [6.07, 6.45) is 10.2. The Morgan fingerprint density at radius 3 is 3.00 bits per heavy atom. The quantitative estimate of drug-likeness (QED) is 0.879. The second-order valence-electron chi connectivity index (χ2n) is 7.45. The van der Waals surface area contributed by atoms with Gasteiger partial charge in [-0.15, -0.1) is 0 Å². The molecule has 1 fully saturated rings. The Kier molecular flexibility index (Phi) is 4.95. The molecule has 21 heavy (non-hydrogen) atoms. The highest BCUT2D eigenvalue weighted by atomic mass is 14.9. The molecule has 0 aromatic carbocycles. The molecule has 0 bridgehead atoms. The molecular formula is C19H30N2. The summed E-state index contributed by atoms with van der Waals surface area (Å²) < 4.78 is 0. The summed E-state index contributed by atoms with van der Waals surface area (Å²) in [6.45, 7) is 6.95. The van der Waals surface area contributed by atoms with Gasteiger partial charge >= 0.3 is 0 Å². The molecule has 0 spiro atoms. The summed E-state index contributed by atoms with van der Waals surface area (Å²) in [5.74, 6) is 3.20. The van der Waals surface area contributed by atoms with Crippen LogP contribution < -0.4 is 5.32 Å². The van der Waals surface area contributed by atoms with Crippen LogP contribution in [0.5, 0.6) is 0 Å². The van der Waals surface area contributed by atoms with Crippen LogP contribution in [0.1, 0.15) is 63.1 Å². The zero-order valence-corrected chi connectivity index (χ0v) is 13.6. The lowest BCUT2D eigenvalue weighted by atomic mass is 9.74. The third-order valence-corrected chi connectivity index (χ3v) is 5.43. The predicted octanol–water partition coefficient (Wildman–Crippen LogP) is 4.16. The molecule has 1 aromatic rings. The highest BCUT2D eigenvalue weighted by molar-refractivity contribution is 5.27. The van der Waals surface area contributed by atoms with Gasteiger partial charge in [-0.25, -0.2) is 0 Å². The maximum atomic E-state index is 4.77. The van der Waals surface area contributed by atoms with Crippen molar-refractivity contribution in [3.63, 3.8) is 0 Å². The molecule has 0 aliphatic heterocycles. The van der Waals surface area contributed by atoms with Crippen molar-refractivity contribution in [1.29, 1.82) is 0 Å². The fourth-order valence-corrected chi connectivity index (χ4v) is 4.47. The molecule has 1 saturated carbocycles. The van der Waals surface area contributed by atoms with E-state index in [1.807, 2.05) is 6.20 Å². The third-order valence-electron chi connectivity index (χ3n) is 5.43. The van der Waals surface area contributed by atoms with Crippen LogP contribution in [0.3, 0.4) is 0 Å². The van der Waals surface area contributed by atoms with Crippen LogP contribution in [0.25, 0.3) is 0 Å². The van der Waals surface area contributed by atoms with Gasteiger partial charge in [-0.05, 0) is 74.6 Å². The lowest BCUT2D eigenvalue weighted by molar-refractivity contribution is 0.283. The first-order chi connectivity index (χ1) is 10.3. The van der Waals surface area contributed by atoms with Crippen LogP contribution in [-0.4, -0.2) is 18.1 Å². The molecule has 0 radical (unpaired) electrons. The molecule has 1 aromatic heterocycles. The van der Waals surface area contributed by atoms with Crippen LogP contribution in [0.15, 0.2) is 18.3 Å². The second kappa shape index (κ2) is 6.91. The number of aryl methyl sites for hydroxylation is 1. The molecular weight excluding hydrogens is 256 g/mol. The fourth-order valence-electron chi connectivity index (χ4n) is 4.47. The van der Waals surface area contributed by atoms with Gasteiger partial charge in [0.2, 0.25) is 0 Å². The number of rotatable bonds is 5. The molecule has 2 heteroatoms. The Balaban J connectivity index is 1.68. The van der Waals surface area contributed by atoms with Crippen molar-refractivity contribution in [3.05, 3.63) is 29.6 Å². The molecule has 2 aliphatic carbocycles. The first kappa shape index (κ1) is 15.0. The Bertz CT molecular complexity index is 455. The zero-order chi connectivity index (χ0) is 14.7. The SMILES string of the molecule is CC(C)CNCC1CCCC1C1CCCc2cccnc21. The molecule has 2 nitrogen and oxygen atoms in total. The normalized spacial score (nSPS) is 28.8. The van der Waals surface area contributed by atoms with Gasteiger partial charge in [-0.1, -0.05) is 26.3 Å². The molecule has 116 valence electrons. The van der Waals surface area contributed by atoms with Crippen molar-refractivity contribution in [2.24, 2.45) is 17.8 Å². The maximum absolute atomic E-state index is 4.77. The predicted molar refractivity (Wildman–Crippen MR) is 88.5 cm³/mol. The standard InChI is InChI=1S/C19H30N2/c1-14(2)12-20-13-16-7-4-9-17(16)18-10-3-6-15-8-5-11-21-19(15)18/h5,8,11,14,16-18,20H,3-4,6-7,9-10,12-13H2,1-2H3. The monoisotopic (exact) mass is 286 g/mol. The lowest BCUT2D eigenvalue weighted by Gasteiger charge is -2.33. The smallest absolute Gasteiger partial charge is 0.0469 e. The fraction of sp³-hybridized carbons (Fsp3) is 0.737. The van der Waals surface area contributed by atoms with E-state index in [4.69, 9.17) is 4.98 Å². The molecule has 3 rings (SSSR count). The minimum absolute atomic E-state index is 0.725. The van der Waals surface area contributed by atoms with Gasteiger partial charge in [0.25, 0.3) is 0 Å². The molecule has 3 unspecified atom stereocenters. The van der Waals surface area contributed by atoms with E-state index in [-0.39, 0.29) is 0 Å². The van der Waals surface area contributed by atoms with Crippen LogP contribution in [0.4, 0.5) is 0 Å². The van der Waals surface area contributed by atoms with Crippen molar-refractivity contribution in [1.82, 2.24) is 10.3 Å². The van der Waals surface area contributed by atoms with E-state index in [2.05, 4.69) is 31.3 Å². The average molecular weight is 286 g/mol. The van der Waals surface area contributed by atoms with Crippen LogP contribution in [0, 0.1) is 17.8 Å². The number of hydrogen-bond acceptors (Lipinski definition) is 2. The highest BCUT2D eigenvalue weighted by Crippen LogP contribution is 2.45. The first-order valence-electron chi connectivity index (χ1n) is 8.90. The summed E-state index contributed by atoms with van der Waals surface area (Å²) in [5, 5.41) is 3.70. The average Bonchev–Trinajstić information content (AvgIpc) is 2.94. The van der Waals surface area contributed by atoms with Crippen molar-refractivity contribution in [2.45, 2.75) is 58.3 Å². The number of hydrogen-bond donors (Lipinski definition) is 1. The third kappa shape index (κ3) is 3.48. The number of fused-ring (bicyclic) bond motifs is 1. The van der Waals surface area contributed by atoms with Gasteiger partial charge in [0.05, 0.1) is 0 Å². The zero-order valence-electron chi connectivity index (χ0n) is 13.6. The largest absolute Gasteiger partial charge is 0.316 e. The van der Waals surface area contributed by atoms with Crippen LogP contribution >= 0.6 is 0 Å². The van der Waals surface area contributed by atoms with E-state index in [0.717, 1.165) is 30.2 Å². The van der Waals surface area contributed by atoms with Crippen LogP contribution in [-0.2, 0) is 6.42 Å². The van der Waals surface area contributed by atoms with E-state index in [9.17, 15) is 0 Å². The van der Waals surface area contributed by atoms with E-state index in [1.54, 1.807) is 0 Å². The summed E-state index contributed by atoms with van der Waals surface area (Å²) in [4.78, 5) is 4.77. The van der Waals surface area contributed by atoms with E-state index in [1.165, 1.54) is 56.3 Å². The van der Waals surface area contributed by atoms with Gasteiger partial charge in [0.15, 0.2) is 0 Å².